The summed E-state index contributed by atoms with van der Waals surface area (Å²) in [7, 11) is 0. The first-order chi connectivity index (χ1) is 17.1. The number of nitrogens with one attached hydrogen (secondary N) is 1. The van der Waals surface area contributed by atoms with E-state index in [9.17, 15) is 4.79 Å². The maximum atomic E-state index is 12.7. The first-order valence-corrected chi connectivity index (χ1v) is 11.8. The Hall–Kier alpha value is -3.76. The van der Waals surface area contributed by atoms with Crippen molar-refractivity contribution >= 4 is 22.8 Å². The van der Waals surface area contributed by atoms with Gasteiger partial charge < -0.3 is 24.1 Å². The molecule has 0 bridgehead atoms. The standard InChI is InChI=1S/C25H26N6O4/c1-16-3-2-4-18(9-16)19-12-27-31(13-19)25-28-20-10-21(24(32)26-11-17-14-34-15-17)35-22(20)23(29-25)30-5-7-33-8-6-30/h2-4,9-10,12-13,17H,5-8,11,14-15H2,1H3,(H,26,32). The lowest BCUT2D eigenvalue weighted by Gasteiger charge is -2.27. The number of aromatic nitrogens is 4. The van der Waals surface area contributed by atoms with Crippen molar-refractivity contribution in [1.82, 2.24) is 25.1 Å². The number of fused-ring (bicyclic) bond motifs is 1. The average molecular weight is 475 g/mol. The van der Waals surface area contributed by atoms with E-state index in [1.807, 2.05) is 18.3 Å². The number of morpholine rings is 1. The van der Waals surface area contributed by atoms with E-state index in [0.29, 0.717) is 74.8 Å². The number of hydrogen-bond acceptors (Lipinski definition) is 8. The van der Waals surface area contributed by atoms with Gasteiger partial charge in [-0.15, -0.1) is 0 Å². The molecule has 2 fully saturated rings. The summed E-state index contributed by atoms with van der Waals surface area (Å²) in [5, 5.41) is 7.44. The molecule has 1 amide bonds. The predicted octanol–water partition coefficient (Wildman–Crippen LogP) is 2.60. The van der Waals surface area contributed by atoms with Crippen LogP contribution in [0.15, 0.2) is 47.1 Å². The summed E-state index contributed by atoms with van der Waals surface area (Å²) in [6.45, 7) is 6.49. The highest BCUT2D eigenvalue weighted by Gasteiger charge is 2.25. The minimum Gasteiger partial charge on any atom is -0.445 e. The molecule has 2 saturated heterocycles. The number of aryl methyl sites for hydroxylation is 1. The zero-order valence-electron chi connectivity index (χ0n) is 19.4. The summed E-state index contributed by atoms with van der Waals surface area (Å²) in [5.41, 5.74) is 4.26. The maximum absolute atomic E-state index is 12.7. The summed E-state index contributed by atoms with van der Waals surface area (Å²) < 4.78 is 18.3. The van der Waals surface area contributed by atoms with Gasteiger partial charge in [0.15, 0.2) is 17.2 Å². The molecule has 2 aliphatic heterocycles. The molecule has 0 aliphatic carbocycles. The molecule has 6 rings (SSSR count). The first-order valence-electron chi connectivity index (χ1n) is 11.8. The smallest absolute Gasteiger partial charge is 0.287 e. The molecule has 2 aliphatic rings. The number of carbonyl (C=O) groups is 1. The molecule has 10 nitrogen and oxygen atoms in total. The Labute approximate surface area is 201 Å². The molecule has 1 aromatic carbocycles. The molecule has 0 unspecified atom stereocenters. The van der Waals surface area contributed by atoms with Crippen molar-refractivity contribution in [1.29, 1.82) is 0 Å². The number of anilines is 1. The molecular formula is C25H26N6O4. The second-order valence-corrected chi connectivity index (χ2v) is 8.93. The molecule has 35 heavy (non-hydrogen) atoms. The van der Waals surface area contributed by atoms with Crippen molar-refractivity contribution < 1.29 is 18.7 Å². The zero-order chi connectivity index (χ0) is 23.8. The summed E-state index contributed by atoms with van der Waals surface area (Å²) in [6.07, 6.45) is 3.71. The largest absolute Gasteiger partial charge is 0.445 e. The molecule has 180 valence electrons. The van der Waals surface area contributed by atoms with E-state index in [2.05, 4.69) is 39.4 Å². The van der Waals surface area contributed by atoms with Crippen molar-refractivity contribution in [3.05, 3.63) is 54.0 Å². The van der Waals surface area contributed by atoms with Gasteiger partial charge >= 0.3 is 0 Å². The second kappa shape index (κ2) is 9.12. The number of furan rings is 1. The molecular weight excluding hydrogens is 448 g/mol. The van der Waals surface area contributed by atoms with Crippen LogP contribution in [0.5, 0.6) is 0 Å². The highest BCUT2D eigenvalue weighted by atomic mass is 16.5. The summed E-state index contributed by atoms with van der Waals surface area (Å²) in [6, 6.07) is 9.92. The number of amides is 1. The summed E-state index contributed by atoms with van der Waals surface area (Å²) in [5.74, 6) is 1.33. The Morgan fingerprint density at radius 1 is 1.11 bits per heavy atom. The van der Waals surface area contributed by atoms with Crippen LogP contribution >= 0.6 is 0 Å². The lowest BCUT2D eigenvalue weighted by molar-refractivity contribution is -0.0299. The van der Waals surface area contributed by atoms with Crippen molar-refractivity contribution in [2.75, 3.05) is 51.0 Å². The Bertz CT molecular complexity index is 1370. The fraction of sp³-hybridized carbons (Fsp3) is 0.360. The van der Waals surface area contributed by atoms with Crippen LogP contribution in [0.2, 0.25) is 0 Å². The van der Waals surface area contributed by atoms with E-state index in [-0.39, 0.29) is 11.7 Å². The third-order valence-corrected chi connectivity index (χ3v) is 6.27. The van der Waals surface area contributed by atoms with Gasteiger partial charge in [-0.1, -0.05) is 29.8 Å². The van der Waals surface area contributed by atoms with Crippen LogP contribution in [0.3, 0.4) is 0 Å². The topological polar surface area (TPSA) is 108 Å². The quantitative estimate of drug-likeness (QED) is 0.454. The van der Waals surface area contributed by atoms with E-state index in [0.717, 1.165) is 11.1 Å². The van der Waals surface area contributed by atoms with Crippen molar-refractivity contribution in [2.45, 2.75) is 6.92 Å². The van der Waals surface area contributed by atoms with E-state index >= 15 is 0 Å². The Kier molecular flexibility index (Phi) is 5.67. The molecule has 3 aromatic heterocycles. The van der Waals surface area contributed by atoms with E-state index < -0.39 is 0 Å². The lowest BCUT2D eigenvalue weighted by atomic mass is 10.1. The summed E-state index contributed by atoms with van der Waals surface area (Å²) >= 11 is 0. The number of ether oxygens (including phenoxy) is 2. The van der Waals surface area contributed by atoms with Gasteiger partial charge in [0.2, 0.25) is 0 Å². The number of carbonyl (C=O) groups excluding carboxylic acids is 1. The Morgan fingerprint density at radius 3 is 2.74 bits per heavy atom. The molecule has 0 atom stereocenters. The fourth-order valence-corrected chi connectivity index (χ4v) is 4.24. The highest BCUT2D eigenvalue weighted by molar-refractivity contribution is 5.97. The number of benzene rings is 1. The summed E-state index contributed by atoms with van der Waals surface area (Å²) in [4.78, 5) is 24.3. The average Bonchev–Trinajstić information content (AvgIpc) is 3.51. The molecule has 0 saturated carbocycles. The number of hydrogen-bond donors (Lipinski definition) is 1. The number of rotatable bonds is 6. The molecule has 0 spiro atoms. The van der Waals surface area contributed by atoms with Gasteiger partial charge in [0, 0.05) is 43.4 Å². The highest BCUT2D eigenvalue weighted by Crippen LogP contribution is 2.29. The van der Waals surface area contributed by atoms with Gasteiger partial charge in [-0.2, -0.15) is 10.1 Å². The molecule has 5 heterocycles. The SMILES string of the molecule is Cc1cccc(-c2cnn(-c3nc(N4CCOCC4)c4oc(C(=O)NCC5COC5)cc4n3)c2)c1. The van der Waals surface area contributed by atoms with Crippen molar-refractivity contribution in [3.63, 3.8) is 0 Å². The Balaban J connectivity index is 1.36. The van der Waals surface area contributed by atoms with Crippen LogP contribution in [-0.4, -0.2) is 71.7 Å². The fourth-order valence-electron chi connectivity index (χ4n) is 4.24. The van der Waals surface area contributed by atoms with Gasteiger partial charge in [-0.3, -0.25) is 4.79 Å². The van der Waals surface area contributed by atoms with E-state index in [4.69, 9.17) is 18.9 Å². The van der Waals surface area contributed by atoms with Crippen LogP contribution in [0.4, 0.5) is 5.82 Å². The molecule has 4 aromatic rings. The van der Waals surface area contributed by atoms with E-state index in [1.54, 1.807) is 16.9 Å². The lowest BCUT2D eigenvalue weighted by Crippen LogP contribution is -2.39. The predicted molar refractivity (Wildman–Crippen MR) is 129 cm³/mol. The Morgan fingerprint density at radius 2 is 1.97 bits per heavy atom. The monoisotopic (exact) mass is 474 g/mol. The van der Waals surface area contributed by atoms with Gasteiger partial charge in [0.25, 0.3) is 11.9 Å². The van der Waals surface area contributed by atoms with Gasteiger partial charge in [-0.05, 0) is 12.5 Å². The first kappa shape index (κ1) is 21.8. The second-order valence-electron chi connectivity index (χ2n) is 8.93. The third kappa shape index (κ3) is 4.38. The van der Waals surface area contributed by atoms with Gasteiger partial charge in [-0.25, -0.2) is 9.67 Å². The minimum atomic E-state index is -0.273. The van der Waals surface area contributed by atoms with Crippen LogP contribution in [0, 0.1) is 12.8 Å². The van der Waals surface area contributed by atoms with Crippen LogP contribution < -0.4 is 10.2 Å². The zero-order valence-corrected chi connectivity index (χ0v) is 19.4. The normalized spacial score (nSPS) is 16.4. The minimum absolute atomic E-state index is 0.210. The van der Waals surface area contributed by atoms with Crippen molar-refractivity contribution in [3.8, 4) is 17.1 Å². The van der Waals surface area contributed by atoms with E-state index in [1.165, 1.54) is 5.56 Å². The molecule has 1 N–H and O–H groups in total. The van der Waals surface area contributed by atoms with Crippen LogP contribution in [-0.2, 0) is 9.47 Å². The van der Waals surface area contributed by atoms with Crippen LogP contribution in [0.25, 0.3) is 28.2 Å². The molecule has 10 heteroatoms. The van der Waals surface area contributed by atoms with Crippen LogP contribution in [0.1, 0.15) is 16.1 Å². The van der Waals surface area contributed by atoms with Gasteiger partial charge in [0.05, 0.1) is 32.6 Å². The maximum Gasteiger partial charge on any atom is 0.287 e. The number of nitrogens with zero attached hydrogens (tertiary/aromatic N) is 5. The van der Waals surface area contributed by atoms with Crippen molar-refractivity contribution in [2.24, 2.45) is 5.92 Å². The van der Waals surface area contributed by atoms with Gasteiger partial charge in [0.1, 0.15) is 5.52 Å². The molecule has 0 radical (unpaired) electrons. The third-order valence-electron chi connectivity index (χ3n) is 6.27.